The van der Waals surface area contributed by atoms with E-state index >= 15 is 0 Å². The molecule has 670 valence electrons. The maximum absolute atomic E-state index is 5.31. The van der Waals surface area contributed by atoms with Gasteiger partial charge in [0.2, 0.25) is 0 Å². The molecule has 0 saturated carbocycles. The highest BCUT2D eigenvalue weighted by Gasteiger charge is 2.34. The third kappa shape index (κ3) is 15.3. The van der Waals surface area contributed by atoms with Crippen molar-refractivity contribution in [2.45, 2.75) is 0 Å². The molecular weight excluding hydrogens is 1730 g/mol. The van der Waals surface area contributed by atoms with E-state index in [1.165, 1.54) is 104 Å². The quantitative estimate of drug-likeness (QED) is 0.0754. The van der Waals surface area contributed by atoms with Crippen molar-refractivity contribution in [3.8, 4) is 212 Å². The number of aromatic nitrogens is 2. The van der Waals surface area contributed by atoms with Crippen molar-refractivity contribution in [2.24, 2.45) is 0 Å². The summed E-state index contributed by atoms with van der Waals surface area (Å²) in [5.74, 6) is 0. The summed E-state index contributed by atoms with van der Waals surface area (Å²) in [6.07, 6.45) is 3.98. The van der Waals surface area contributed by atoms with Crippen molar-refractivity contribution in [3.05, 3.63) is 558 Å². The van der Waals surface area contributed by atoms with Crippen molar-refractivity contribution in [1.82, 2.24) is 9.97 Å². The lowest BCUT2D eigenvalue weighted by Gasteiger charge is -2.29. The molecule has 2 heteroatoms. The second kappa shape index (κ2) is 37.1. The Balaban J connectivity index is 0.603. The molecule has 0 N–H and O–H groups in total. The van der Waals surface area contributed by atoms with E-state index in [4.69, 9.17) is 9.97 Å². The van der Waals surface area contributed by atoms with Crippen molar-refractivity contribution in [1.29, 1.82) is 0 Å². The zero-order valence-electron chi connectivity index (χ0n) is 79.0. The first-order chi connectivity index (χ1) is 71.5. The highest BCUT2D eigenvalue weighted by Crippen LogP contribution is 2.60. The van der Waals surface area contributed by atoms with E-state index in [2.05, 4.69) is 546 Å². The monoisotopic (exact) mass is 1820 g/mol. The molecule has 26 aromatic rings. The van der Waals surface area contributed by atoms with Crippen LogP contribution in [0.4, 0.5) is 0 Å². The Labute approximate surface area is 838 Å². The van der Waals surface area contributed by atoms with Gasteiger partial charge in [-0.15, -0.1) is 0 Å². The predicted octanol–water partition coefficient (Wildman–Crippen LogP) is 39.1. The fraction of sp³-hybridized carbons (Fsp3) is 0. The van der Waals surface area contributed by atoms with Crippen LogP contribution in [-0.4, -0.2) is 9.97 Å². The molecule has 24 aromatic carbocycles. The Kier molecular flexibility index (Phi) is 22.1. The molecule has 0 atom stereocenters. The molecule has 2 nitrogen and oxygen atoms in total. The first kappa shape index (κ1) is 85.6. The highest BCUT2D eigenvalue weighted by atomic mass is 14.7. The van der Waals surface area contributed by atoms with Crippen LogP contribution in [0, 0.1) is 0 Å². The van der Waals surface area contributed by atoms with E-state index < -0.39 is 0 Å². The normalized spacial score (nSPS) is 11.5. The van der Waals surface area contributed by atoms with Crippen LogP contribution in [0.15, 0.2) is 558 Å². The van der Waals surface area contributed by atoms with Crippen LogP contribution in [-0.2, 0) is 0 Å². The smallest absolute Gasteiger partial charge is 0.0780 e. The lowest BCUT2D eigenvalue weighted by atomic mass is 9.74. The predicted molar refractivity (Wildman–Crippen MR) is 610 cm³/mol. The van der Waals surface area contributed by atoms with E-state index in [9.17, 15) is 0 Å². The van der Waals surface area contributed by atoms with Gasteiger partial charge in [0.05, 0.1) is 11.4 Å². The molecule has 0 spiro atoms. The summed E-state index contributed by atoms with van der Waals surface area (Å²) in [6, 6.07) is 202. The first-order valence-electron chi connectivity index (χ1n) is 49.6. The van der Waals surface area contributed by atoms with Crippen LogP contribution >= 0.6 is 0 Å². The van der Waals surface area contributed by atoms with Crippen LogP contribution in [0.1, 0.15) is 0 Å². The van der Waals surface area contributed by atoms with Crippen molar-refractivity contribution >= 4 is 64.6 Å². The first-order valence-corrected chi connectivity index (χ1v) is 49.6. The van der Waals surface area contributed by atoms with Crippen molar-refractivity contribution < 1.29 is 0 Å². The molecule has 2 heterocycles. The third-order valence-electron chi connectivity index (χ3n) is 29.1. The van der Waals surface area contributed by atoms with Crippen LogP contribution in [0.5, 0.6) is 0 Å². The fourth-order valence-corrected chi connectivity index (χ4v) is 22.9. The molecule has 0 bridgehead atoms. The molecule has 0 aliphatic rings. The Hall–Kier alpha value is -18.9. The minimum Gasteiger partial charge on any atom is -0.256 e. The Bertz CT molecular complexity index is 9190. The van der Waals surface area contributed by atoms with Gasteiger partial charge in [-0.2, -0.15) is 0 Å². The van der Waals surface area contributed by atoms with Crippen LogP contribution < -0.4 is 0 Å². The molecule has 0 amide bonds. The Morgan fingerprint density at radius 1 is 0.104 bits per heavy atom. The molecule has 0 aliphatic heterocycles. The number of nitrogens with zero attached hydrogens (tertiary/aromatic N) is 2. The average Bonchev–Trinajstić information content (AvgIpc) is 0.703. The van der Waals surface area contributed by atoms with Gasteiger partial charge in [-0.1, -0.05) is 504 Å². The molecular formula is C142H92N2. The lowest BCUT2D eigenvalue weighted by Crippen LogP contribution is -2.02. The second-order valence-electron chi connectivity index (χ2n) is 37.4. The van der Waals surface area contributed by atoms with Gasteiger partial charge in [0.15, 0.2) is 0 Å². The zero-order valence-corrected chi connectivity index (χ0v) is 79.0. The number of pyridine rings is 2. The minimum atomic E-state index is 0.898. The van der Waals surface area contributed by atoms with Crippen LogP contribution in [0.2, 0.25) is 0 Å². The number of benzene rings is 24. The van der Waals surface area contributed by atoms with Gasteiger partial charge in [-0.3, -0.25) is 9.97 Å². The number of hydrogen-bond acceptors (Lipinski definition) is 2. The molecule has 2 aromatic heterocycles. The van der Waals surface area contributed by atoms with Crippen LogP contribution in [0.25, 0.3) is 276 Å². The Morgan fingerprint density at radius 2 is 0.319 bits per heavy atom. The highest BCUT2D eigenvalue weighted by molar-refractivity contribution is 6.25. The summed E-state index contributed by atoms with van der Waals surface area (Å²) in [7, 11) is 0. The van der Waals surface area contributed by atoms with Gasteiger partial charge in [0.25, 0.3) is 0 Å². The summed E-state index contributed by atoms with van der Waals surface area (Å²) in [6.45, 7) is 0. The Morgan fingerprint density at radius 3 is 0.625 bits per heavy atom. The molecule has 144 heavy (non-hydrogen) atoms. The van der Waals surface area contributed by atoms with Gasteiger partial charge in [-0.05, 0) is 285 Å². The van der Waals surface area contributed by atoms with Gasteiger partial charge < -0.3 is 0 Å². The lowest BCUT2D eigenvalue weighted by molar-refractivity contribution is 1.36. The molecule has 26 rings (SSSR count). The number of fused-ring (bicyclic) bond motifs is 6. The van der Waals surface area contributed by atoms with Gasteiger partial charge in [0, 0.05) is 34.3 Å². The fourth-order valence-electron chi connectivity index (χ4n) is 22.9. The second-order valence-corrected chi connectivity index (χ2v) is 37.4. The van der Waals surface area contributed by atoms with E-state index in [0.717, 1.165) is 172 Å². The van der Waals surface area contributed by atoms with E-state index in [0.29, 0.717) is 0 Å². The summed E-state index contributed by atoms with van der Waals surface area (Å²) < 4.78 is 0. The van der Waals surface area contributed by atoms with E-state index in [1.807, 2.05) is 12.4 Å². The topological polar surface area (TPSA) is 25.8 Å². The summed E-state index contributed by atoms with van der Waals surface area (Å²) >= 11 is 0. The third-order valence-corrected chi connectivity index (χ3v) is 29.1. The van der Waals surface area contributed by atoms with Gasteiger partial charge >= 0.3 is 0 Å². The largest absolute Gasteiger partial charge is 0.256 e. The van der Waals surface area contributed by atoms with Crippen molar-refractivity contribution in [3.63, 3.8) is 0 Å². The standard InChI is InChI=1S/C142H92N2/c1-10-43-95(44-11-1)130-131(96-45-12-2-13-46-96)135(100-53-20-6-21-54-100)140(136(101-55-22-7-23-56-101)132(130)97-47-14-3-15-48-97)111-66-39-63-108(88-111)127-119-72-32-30-70-117(119)126(118-71-31-33-73-120(118)127)107-62-38-61-106(87-107)125-91-115-86-105(82-83-114(115)92-144-125)93-78-80-104(81-79-93)139-134(99-51-18-5-19-52-99)133(98-49-16-4-17-50-98)137(102-57-24-8-25-58-102)141(138(139)103-59-26-9-27-60-103)112-67-40-64-109(89-112)128-121-74-34-36-76-123(121)129(124-77-37-35-75-122(124)128)110-65-41-68-113(90-110)142-116-69-29-28-42-94(116)84-85-143-142/h1-92H. The molecule has 0 radical (unpaired) electrons. The summed E-state index contributed by atoms with van der Waals surface area (Å²) in [5.41, 5.74) is 43.0. The molecule has 0 fully saturated rings. The summed E-state index contributed by atoms with van der Waals surface area (Å²) in [5, 5.41) is 13.9. The molecule has 0 saturated heterocycles. The number of rotatable bonds is 19. The molecule has 0 unspecified atom stereocenters. The zero-order chi connectivity index (χ0) is 95.3. The maximum atomic E-state index is 5.31. The average molecular weight is 1830 g/mol. The van der Waals surface area contributed by atoms with Crippen molar-refractivity contribution in [2.75, 3.05) is 0 Å². The maximum Gasteiger partial charge on any atom is 0.0780 e. The molecule has 0 aliphatic carbocycles. The van der Waals surface area contributed by atoms with Gasteiger partial charge in [-0.25, -0.2) is 0 Å². The van der Waals surface area contributed by atoms with E-state index in [-0.39, 0.29) is 0 Å². The minimum absolute atomic E-state index is 0.898. The van der Waals surface area contributed by atoms with Crippen LogP contribution in [0.3, 0.4) is 0 Å². The van der Waals surface area contributed by atoms with Gasteiger partial charge in [0.1, 0.15) is 0 Å². The SMILES string of the molecule is c1ccc(-c2c(-c3ccccc3)c(-c3ccccc3)c(-c3cccc(-c4c5ccccc5c(-c5cccc(-c6cc7cc(-c8ccc(-c9c(-c%10ccccc%10)c(-c%10ccccc%10)c(-c%10ccccc%10)c(-c%10cccc(-c%11c%12ccccc%12c(-c%12cccc(-c%13nccc%14ccccc%13%14)c%12)c%12ccccc%11%12)c%10)c9-c9ccccc9)cc8)ccc7cn6)c5)c5ccccc45)c3)c(-c3ccccc3)c2-c2ccccc2)cc1. The van der Waals surface area contributed by atoms with E-state index in [1.54, 1.807) is 0 Å². The number of hydrogen-bond donors (Lipinski definition) is 0. The summed E-state index contributed by atoms with van der Waals surface area (Å²) in [4.78, 5) is 10.3.